The summed E-state index contributed by atoms with van der Waals surface area (Å²) in [6.45, 7) is 2.62. The second-order valence-electron chi connectivity index (χ2n) is 9.13. The molecule has 158 valence electrons. The van der Waals surface area contributed by atoms with Gasteiger partial charge in [-0.25, -0.2) is 0 Å². The van der Waals surface area contributed by atoms with E-state index in [4.69, 9.17) is 9.47 Å². The molecule has 0 bridgehead atoms. The Bertz CT molecular complexity index is 587. The maximum absolute atomic E-state index is 12.8. The molecule has 28 heavy (non-hydrogen) atoms. The van der Waals surface area contributed by atoms with Gasteiger partial charge in [0.05, 0.1) is 19.3 Å². The zero-order chi connectivity index (χ0) is 19.7. The van der Waals surface area contributed by atoms with Crippen LogP contribution in [0.1, 0.15) is 64.7 Å². The number of aliphatic hydroxyl groups is 1. The van der Waals surface area contributed by atoms with E-state index in [1.165, 1.54) is 19.3 Å². The van der Waals surface area contributed by atoms with Gasteiger partial charge in [0.15, 0.2) is 0 Å². The van der Waals surface area contributed by atoms with E-state index in [0.29, 0.717) is 0 Å². The van der Waals surface area contributed by atoms with Crippen molar-refractivity contribution >= 4 is 11.8 Å². The van der Waals surface area contributed by atoms with Crippen LogP contribution in [0.3, 0.4) is 0 Å². The van der Waals surface area contributed by atoms with Crippen LogP contribution in [0.2, 0.25) is 0 Å². The fourth-order valence-electron chi connectivity index (χ4n) is 4.94. The van der Waals surface area contributed by atoms with Crippen LogP contribution in [0.5, 0.6) is 0 Å². The van der Waals surface area contributed by atoms with Gasteiger partial charge in [-0.15, -0.1) is 0 Å². The molecule has 0 aromatic rings. The van der Waals surface area contributed by atoms with Gasteiger partial charge >= 0.3 is 0 Å². The highest BCUT2D eigenvalue weighted by Gasteiger charge is 2.60. The Morgan fingerprint density at radius 2 is 1.64 bits per heavy atom. The summed E-state index contributed by atoms with van der Waals surface area (Å²) < 4.78 is 11.4. The molecule has 0 radical (unpaired) electrons. The fraction of sp³-hybridized carbons (Fsp3) is 0.905. The average molecular weight is 395 g/mol. The Hall–Kier alpha value is -1.18. The van der Waals surface area contributed by atoms with E-state index in [-0.39, 0.29) is 42.9 Å². The number of carbonyl (C=O) groups excluding carboxylic acids is 2. The highest BCUT2D eigenvalue weighted by atomic mass is 16.7. The van der Waals surface area contributed by atoms with Crippen LogP contribution >= 0.6 is 0 Å². The summed E-state index contributed by atoms with van der Waals surface area (Å²) in [6, 6.07) is -0.959. The van der Waals surface area contributed by atoms with E-state index in [0.717, 1.165) is 44.4 Å². The molecule has 3 N–H and O–H groups in total. The largest absolute Gasteiger partial charge is 0.368 e. The van der Waals surface area contributed by atoms with Crippen molar-refractivity contribution in [3.63, 3.8) is 0 Å². The summed E-state index contributed by atoms with van der Waals surface area (Å²) in [4.78, 5) is 24.8. The average Bonchev–Trinajstić information content (AvgIpc) is 3.44. The molecule has 0 aromatic heterocycles. The smallest absolute Gasteiger partial charge is 0.223 e. The zero-order valence-corrected chi connectivity index (χ0v) is 16.8. The van der Waals surface area contributed by atoms with Gasteiger partial charge in [-0.05, 0) is 44.4 Å². The van der Waals surface area contributed by atoms with Crippen LogP contribution in [0.4, 0.5) is 0 Å². The molecule has 7 nitrogen and oxygen atoms in total. The Morgan fingerprint density at radius 1 is 1.00 bits per heavy atom. The molecule has 0 unspecified atom stereocenters. The van der Waals surface area contributed by atoms with Crippen LogP contribution in [0.25, 0.3) is 0 Å². The molecule has 4 atom stereocenters. The summed E-state index contributed by atoms with van der Waals surface area (Å²) >= 11 is 0. The maximum atomic E-state index is 12.8. The molecule has 0 spiro atoms. The normalized spacial score (nSPS) is 40.1. The Morgan fingerprint density at radius 3 is 2.29 bits per heavy atom. The molecule has 0 aromatic carbocycles. The first kappa shape index (κ1) is 20.1. The molecule has 2 amide bonds. The number of rotatable bonds is 7. The van der Waals surface area contributed by atoms with Crippen molar-refractivity contribution in [1.82, 2.24) is 10.6 Å². The first-order chi connectivity index (χ1) is 13.5. The Balaban J connectivity index is 1.27. The number of carbonyl (C=O) groups is 2. The first-order valence-corrected chi connectivity index (χ1v) is 11.1. The number of nitrogens with one attached hydrogen (secondary N) is 2. The van der Waals surface area contributed by atoms with Crippen molar-refractivity contribution in [2.75, 3.05) is 13.2 Å². The second-order valence-corrected chi connectivity index (χ2v) is 9.13. The third kappa shape index (κ3) is 4.07. The quantitative estimate of drug-likeness (QED) is 0.608. The Labute approximate surface area is 166 Å². The summed E-state index contributed by atoms with van der Waals surface area (Å²) in [5.41, 5.74) is 0. The fourth-order valence-corrected chi connectivity index (χ4v) is 4.94. The van der Waals surface area contributed by atoms with Gasteiger partial charge in [-0.1, -0.05) is 26.2 Å². The van der Waals surface area contributed by atoms with Gasteiger partial charge in [0, 0.05) is 11.8 Å². The van der Waals surface area contributed by atoms with Crippen LogP contribution in [-0.2, 0) is 19.1 Å². The summed E-state index contributed by atoms with van der Waals surface area (Å²) in [5, 5.41) is 16.9. The summed E-state index contributed by atoms with van der Waals surface area (Å²) in [5.74, 6) is -0.707. The van der Waals surface area contributed by atoms with E-state index >= 15 is 0 Å². The minimum Gasteiger partial charge on any atom is -0.368 e. The van der Waals surface area contributed by atoms with E-state index in [9.17, 15) is 14.7 Å². The summed E-state index contributed by atoms with van der Waals surface area (Å²) in [6.07, 6.45) is 9.02. The van der Waals surface area contributed by atoms with Crippen LogP contribution < -0.4 is 10.6 Å². The lowest BCUT2D eigenvalue weighted by atomic mass is 9.79. The second kappa shape index (κ2) is 8.28. The predicted molar refractivity (Wildman–Crippen MR) is 102 cm³/mol. The molecular formula is C21H34N2O5. The first-order valence-electron chi connectivity index (χ1n) is 11.1. The number of fused-ring (bicyclic) bond motifs is 1. The topological polar surface area (TPSA) is 96.9 Å². The summed E-state index contributed by atoms with van der Waals surface area (Å²) in [7, 11) is 0. The minimum atomic E-state index is -1.56. The third-order valence-electron chi connectivity index (χ3n) is 6.98. The number of hydrogen-bond acceptors (Lipinski definition) is 5. The van der Waals surface area contributed by atoms with E-state index in [2.05, 4.69) is 17.6 Å². The minimum absolute atomic E-state index is 0.00676. The molecule has 2 heterocycles. The van der Waals surface area contributed by atoms with Crippen molar-refractivity contribution in [2.24, 2.45) is 17.8 Å². The standard InChI is InChI=1S/C21H34N2O5/c1-2-3-4-13-5-7-14(8-6-13)20(25)23-17-12-27-18-16(11-28-21(17,18)26)22-19(24)15-9-10-15/h13-18,26H,2-12H2,1H3,(H,22,24)(H,23,25)/t13?,14?,16-,17-,18+,21+/m0/s1. The van der Waals surface area contributed by atoms with Crippen LogP contribution in [0, 0.1) is 17.8 Å². The van der Waals surface area contributed by atoms with Crippen molar-refractivity contribution < 1.29 is 24.2 Å². The van der Waals surface area contributed by atoms with E-state index in [1.807, 2.05) is 0 Å². The Kier molecular flexibility index (Phi) is 5.95. The lowest BCUT2D eigenvalue weighted by Gasteiger charge is -2.31. The predicted octanol–water partition coefficient (Wildman–Crippen LogP) is 1.48. The number of ether oxygens (including phenoxy) is 2. The number of hydrogen-bond donors (Lipinski definition) is 3. The van der Waals surface area contributed by atoms with E-state index in [1.54, 1.807) is 0 Å². The SMILES string of the molecule is CCCCC1CCC(C(=O)N[C@H]2CO[C@@H]3[C@@H](NC(=O)C4CC4)CO[C@]23O)CC1. The lowest BCUT2D eigenvalue weighted by Crippen LogP contribution is -2.57. The van der Waals surface area contributed by atoms with Crippen molar-refractivity contribution in [1.29, 1.82) is 0 Å². The van der Waals surface area contributed by atoms with Gasteiger partial charge < -0.3 is 25.2 Å². The third-order valence-corrected chi connectivity index (χ3v) is 6.98. The molecule has 2 saturated heterocycles. The highest BCUT2D eigenvalue weighted by molar-refractivity contribution is 5.81. The van der Waals surface area contributed by atoms with Gasteiger partial charge in [0.25, 0.3) is 0 Å². The molecule has 4 aliphatic rings. The monoisotopic (exact) mass is 394 g/mol. The van der Waals surface area contributed by atoms with Gasteiger partial charge in [-0.3, -0.25) is 9.59 Å². The molecular weight excluding hydrogens is 360 g/mol. The molecule has 2 saturated carbocycles. The molecule has 2 aliphatic carbocycles. The number of amides is 2. The molecule has 2 aliphatic heterocycles. The maximum Gasteiger partial charge on any atom is 0.223 e. The van der Waals surface area contributed by atoms with Gasteiger partial charge in [-0.2, -0.15) is 0 Å². The van der Waals surface area contributed by atoms with Crippen molar-refractivity contribution in [3.8, 4) is 0 Å². The molecule has 4 rings (SSSR count). The van der Waals surface area contributed by atoms with Gasteiger partial charge in [0.1, 0.15) is 12.1 Å². The lowest BCUT2D eigenvalue weighted by molar-refractivity contribution is -0.197. The van der Waals surface area contributed by atoms with Crippen LogP contribution in [-0.4, -0.2) is 54.1 Å². The van der Waals surface area contributed by atoms with Crippen molar-refractivity contribution in [2.45, 2.75) is 88.7 Å². The van der Waals surface area contributed by atoms with Crippen LogP contribution in [0.15, 0.2) is 0 Å². The van der Waals surface area contributed by atoms with Gasteiger partial charge in [0.2, 0.25) is 17.6 Å². The zero-order valence-electron chi connectivity index (χ0n) is 16.8. The number of unbranched alkanes of at least 4 members (excludes halogenated alkanes) is 1. The highest BCUT2D eigenvalue weighted by Crippen LogP contribution is 2.38. The molecule has 4 fully saturated rings. The molecule has 7 heteroatoms. The van der Waals surface area contributed by atoms with Crippen molar-refractivity contribution in [3.05, 3.63) is 0 Å². The van der Waals surface area contributed by atoms with E-state index < -0.39 is 17.9 Å².